The van der Waals surface area contributed by atoms with Crippen molar-refractivity contribution in [1.29, 1.82) is 0 Å². The Labute approximate surface area is 164 Å². The van der Waals surface area contributed by atoms with Crippen LogP contribution in [0.25, 0.3) is 0 Å². The molecule has 1 atom stereocenters. The number of fused-ring (bicyclic) bond motifs is 1. The number of anilines is 1. The van der Waals surface area contributed by atoms with E-state index in [1.165, 1.54) is 17.3 Å². The first-order valence-electron chi connectivity index (χ1n) is 9.18. The predicted molar refractivity (Wildman–Crippen MR) is 110 cm³/mol. The van der Waals surface area contributed by atoms with Gasteiger partial charge in [0.15, 0.2) is 0 Å². The van der Waals surface area contributed by atoms with E-state index in [9.17, 15) is 9.59 Å². The van der Waals surface area contributed by atoms with Gasteiger partial charge >= 0.3 is 0 Å². The molecule has 0 fully saturated rings. The molecular formula is C21H25N3O2S. The maximum Gasteiger partial charge on any atom is 0.252 e. The molecule has 0 aliphatic carbocycles. The number of hydrogen-bond donors (Lipinski definition) is 2. The maximum atomic E-state index is 12.7. The minimum Gasteiger partial charge on any atom is -0.352 e. The summed E-state index contributed by atoms with van der Waals surface area (Å²) in [7, 11) is 0. The van der Waals surface area contributed by atoms with E-state index in [1.54, 1.807) is 6.07 Å². The van der Waals surface area contributed by atoms with Gasteiger partial charge in [-0.2, -0.15) is 0 Å². The third-order valence-electron chi connectivity index (χ3n) is 4.68. The molecule has 0 aromatic heterocycles. The summed E-state index contributed by atoms with van der Waals surface area (Å²) in [6.45, 7) is 3.78. The van der Waals surface area contributed by atoms with Gasteiger partial charge in [-0.15, -0.1) is 11.8 Å². The van der Waals surface area contributed by atoms with Crippen molar-refractivity contribution in [3.05, 3.63) is 59.7 Å². The fourth-order valence-electron chi connectivity index (χ4n) is 3.04. The Morgan fingerprint density at radius 1 is 1.19 bits per heavy atom. The summed E-state index contributed by atoms with van der Waals surface area (Å²) in [5.41, 5.74) is 8.42. The maximum absolute atomic E-state index is 12.7. The van der Waals surface area contributed by atoms with E-state index in [4.69, 9.17) is 5.73 Å². The summed E-state index contributed by atoms with van der Waals surface area (Å²) < 4.78 is 0. The van der Waals surface area contributed by atoms with Gasteiger partial charge in [0.05, 0.1) is 11.3 Å². The Hall–Kier alpha value is -2.31. The summed E-state index contributed by atoms with van der Waals surface area (Å²) in [4.78, 5) is 27.9. The Balaban J connectivity index is 1.63. The van der Waals surface area contributed by atoms with E-state index >= 15 is 0 Å². The zero-order valence-electron chi connectivity index (χ0n) is 15.5. The molecule has 0 bridgehead atoms. The Morgan fingerprint density at radius 3 is 2.74 bits per heavy atom. The molecule has 1 heterocycles. The molecule has 142 valence electrons. The Morgan fingerprint density at radius 2 is 1.93 bits per heavy atom. The molecule has 0 radical (unpaired) electrons. The molecule has 3 rings (SSSR count). The van der Waals surface area contributed by atoms with E-state index in [2.05, 4.69) is 11.4 Å². The monoisotopic (exact) mass is 383 g/mol. The van der Waals surface area contributed by atoms with Gasteiger partial charge in [0, 0.05) is 23.7 Å². The van der Waals surface area contributed by atoms with Crippen LogP contribution in [0.15, 0.2) is 53.4 Å². The lowest BCUT2D eigenvalue weighted by Gasteiger charge is -2.17. The van der Waals surface area contributed by atoms with Crippen LogP contribution in [0.4, 0.5) is 5.69 Å². The van der Waals surface area contributed by atoms with Crippen LogP contribution >= 0.6 is 11.8 Å². The predicted octanol–water partition coefficient (Wildman–Crippen LogP) is 2.69. The lowest BCUT2D eigenvalue weighted by molar-refractivity contribution is -0.116. The highest BCUT2D eigenvalue weighted by Gasteiger charge is 2.24. The van der Waals surface area contributed by atoms with Gasteiger partial charge in [0.1, 0.15) is 0 Å². The second-order valence-electron chi connectivity index (χ2n) is 6.76. The first kappa shape index (κ1) is 19.5. The fraction of sp³-hybridized carbons (Fsp3) is 0.333. The number of rotatable bonds is 7. The van der Waals surface area contributed by atoms with Crippen LogP contribution in [0.3, 0.4) is 0 Å². The van der Waals surface area contributed by atoms with Crippen LogP contribution < -0.4 is 16.0 Å². The van der Waals surface area contributed by atoms with Gasteiger partial charge in [-0.1, -0.05) is 37.3 Å². The molecule has 3 N–H and O–H groups in total. The van der Waals surface area contributed by atoms with Gasteiger partial charge in [0.25, 0.3) is 5.91 Å². The van der Waals surface area contributed by atoms with Crippen molar-refractivity contribution in [2.24, 2.45) is 11.7 Å². The van der Waals surface area contributed by atoms with Crippen molar-refractivity contribution in [2.75, 3.05) is 30.3 Å². The van der Waals surface area contributed by atoms with Crippen LogP contribution in [0.5, 0.6) is 0 Å². The number of nitrogens with zero attached hydrogens (tertiary/aromatic N) is 1. The van der Waals surface area contributed by atoms with E-state index < -0.39 is 0 Å². The van der Waals surface area contributed by atoms with E-state index in [-0.39, 0.29) is 17.7 Å². The largest absolute Gasteiger partial charge is 0.352 e. The molecule has 2 aromatic carbocycles. The summed E-state index contributed by atoms with van der Waals surface area (Å²) >= 11 is 1.41. The standard InChI is InChI=1S/C21H25N3O2S/c1-15(12-22)13-23-21(26)17-7-3-5-9-19(17)27-14-20(25)24-11-10-16-6-2-4-8-18(16)24/h2-9,15H,10-14,22H2,1H3,(H,23,26). The second kappa shape index (κ2) is 9.06. The van der Waals surface area contributed by atoms with Crippen molar-refractivity contribution in [1.82, 2.24) is 5.32 Å². The first-order chi connectivity index (χ1) is 13.1. The summed E-state index contributed by atoms with van der Waals surface area (Å²) in [5, 5.41) is 2.92. The highest BCUT2D eigenvalue weighted by atomic mass is 32.2. The molecule has 1 aliphatic heterocycles. The third kappa shape index (κ3) is 4.70. The van der Waals surface area contributed by atoms with Gasteiger partial charge < -0.3 is 16.0 Å². The highest BCUT2D eigenvalue weighted by Crippen LogP contribution is 2.29. The average Bonchev–Trinajstić information content (AvgIpc) is 3.14. The molecule has 2 amide bonds. The zero-order chi connectivity index (χ0) is 19.2. The number of carbonyl (C=O) groups is 2. The first-order valence-corrected chi connectivity index (χ1v) is 10.2. The highest BCUT2D eigenvalue weighted by molar-refractivity contribution is 8.00. The molecule has 27 heavy (non-hydrogen) atoms. The van der Waals surface area contributed by atoms with Crippen LogP contribution in [-0.4, -0.2) is 37.2 Å². The lowest BCUT2D eigenvalue weighted by Crippen LogP contribution is -2.32. The Kier molecular flexibility index (Phi) is 6.53. The van der Waals surface area contributed by atoms with E-state index in [1.807, 2.05) is 48.2 Å². The van der Waals surface area contributed by atoms with Crippen molar-refractivity contribution >= 4 is 29.3 Å². The third-order valence-corrected chi connectivity index (χ3v) is 5.74. The van der Waals surface area contributed by atoms with Crippen LogP contribution in [-0.2, 0) is 11.2 Å². The van der Waals surface area contributed by atoms with E-state index in [0.29, 0.717) is 24.4 Å². The minimum absolute atomic E-state index is 0.0666. The number of thioether (sulfide) groups is 1. The van der Waals surface area contributed by atoms with Crippen molar-refractivity contribution in [3.8, 4) is 0 Å². The average molecular weight is 384 g/mol. The molecule has 0 saturated carbocycles. The number of nitrogens with two attached hydrogens (primary N) is 1. The fourth-order valence-corrected chi connectivity index (χ4v) is 3.97. The summed E-state index contributed by atoms with van der Waals surface area (Å²) in [6, 6.07) is 15.4. The molecule has 0 saturated heterocycles. The lowest BCUT2D eigenvalue weighted by atomic mass is 10.1. The topological polar surface area (TPSA) is 75.4 Å². The normalized spacial score (nSPS) is 13.9. The van der Waals surface area contributed by atoms with Gasteiger partial charge in [-0.05, 0) is 42.6 Å². The summed E-state index contributed by atoms with van der Waals surface area (Å²) in [5.74, 6) is 0.470. The molecule has 1 aliphatic rings. The van der Waals surface area contributed by atoms with Crippen molar-refractivity contribution in [2.45, 2.75) is 18.2 Å². The minimum atomic E-state index is -0.127. The number of carbonyl (C=O) groups excluding carboxylic acids is 2. The number of para-hydroxylation sites is 1. The molecule has 0 spiro atoms. The van der Waals surface area contributed by atoms with Gasteiger partial charge in [-0.3, -0.25) is 9.59 Å². The molecule has 2 aromatic rings. The zero-order valence-corrected chi connectivity index (χ0v) is 16.3. The molecule has 5 nitrogen and oxygen atoms in total. The van der Waals surface area contributed by atoms with Crippen molar-refractivity contribution in [3.63, 3.8) is 0 Å². The molecule has 1 unspecified atom stereocenters. The smallest absolute Gasteiger partial charge is 0.252 e. The van der Waals surface area contributed by atoms with Crippen molar-refractivity contribution < 1.29 is 9.59 Å². The SMILES string of the molecule is CC(CN)CNC(=O)c1ccccc1SCC(=O)N1CCc2ccccc21. The number of hydrogen-bond acceptors (Lipinski definition) is 4. The Bertz CT molecular complexity index is 825. The molecule has 6 heteroatoms. The number of amides is 2. The van der Waals surface area contributed by atoms with E-state index in [0.717, 1.165) is 23.5 Å². The number of benzene rings is 2. The van der Waals surface area contributed by atoms with Gasteiger partial charge in [-0.25, -0.2) is 0 Å². The van der Waals surface area contributed by atoms with Crippen LogP contribution in [0.1, 0.15) is 22.8 Å². The molecular weight excluding hydrogens is 358 g/mol. The quantitative estimate of drug-likeness (QED) is 0.721. The van der Waals surface area contributed by atoms with Crippen LogP contribution in [0.2, 0.25) is 0 Å². The van der Waals surface area contributed by atoms with Crippen LogP contribution in [0, 0.1) is 5.92 Å². The second-order valence-corrected chi connectivity index (χ2v) is 7.78. The summed E-state index contributed by atoms with van der Waals surface area (Å²) in [6.07, 6.45) is 0.894. The van der Waals surface area contributed by atoms with Gasteiger partial charge in [0.2, 0.25) is 5.91 Å². The number of nitrogens with one attached hydrogen (secondary N) is 1.